The van der Waals surface area contributed by atoms with Gasteiger partial charge in [0, 0.05) is 0 Å². The Labute approximate surface area is 113 Å². The average Bonchev–Trinajstić information content (AvgIpc) is 2.32. The molecule has 0 saturated carbocycles. The molecule has 5 nitrogen and oxygen atoms in total. The van der Waals surface area contributed by atoms with Gasteiger partial charge in [0.1, 0.15) is 11.2 Å². The number of hydrogen-bond acceptors (Lipinski definition) is 5. The Kier molecular flexibility index (Phi) is 5.11. The number of rotatable bonds is 5. The molecule has 0 aliphatic heterocycles. The fraction of sp³-hybridized carbons (Fsp3) is 0.308. The van der Waals surface area contributed by atoms with Crippen molar-refractivity contribution >= 4 is 16.1 Å². The number of benzene rings is 1. The fourth-order valence-corrected chi connectivity index (χ4v) is 2.47. The van der Waals surface area contributed by atoms with Crippen molar-refractivity contribution in [3.63, 3.8) is 0 Å². The van der Waals surface area contributed by atoms with E-state index in [-0.39, 0.29) is 11.5 Å². The van der Waals surface area contributed by atoms with E-state index in [0.717, 1.165) is 17.9 Å². The van der Waals surface area contributed by atoms with E-state index in [9.17, 15) is 13.2 Å². The highest BCUT2D eigenvalue weighted by atomic mass is 32.2. The summed E-state index contributed by atoms with van der Waals surface area (Å²) in [4.78, 5) is 11.1. The molecule has 0 unspecified atom stereocenters. The van der Waals surface area contributed by atoms with Gasteiger partial charge in [0.05, 0.1) is 12.7 Å². The Hall–Kier alpha value is -1.82. The van der Waals surface area contributed by atoms with Gasteiger partial charge in [-0.05, 0) is 38.0 Å². The number of ether oxygens (including phenoxy) is 1. The molecule has 1 aromatic carbocycles. The molecule has 104 valence electrons. The van der Waals surface area contributed by atoms with Crippen molar-refractivity contribution in [3.05, 3.63) is 41.7 Å². The van der Waals surface area contributed by atoms with Crippen LogP contribution in [0.2, 0.25) is 0 Å². The first-order valence-corrected chi connectivity index (χ1v) is 7.11. The Morgan fingerprint density at radius 2 is 2.00 bits per heavy atom. The lowest BCUT2D eigenvalue weighted by molar-refractivity contribution is -0.137. The lowest BCUT2D eigenvalue weighted by Crippen LogP contribution is -2.06. The van der Waals surface area contributed by atoms with Gasteiger partial charge in [-0.3, -0.25) is 0 Å². The third kappa shape index (κ3) is 4.40. The van der Waals surface area contributed by atoms with Crippen molar-refractivity contribution in [2.75, 3.05) is 6.61 Å². The predicted molar refractivity (Wildman–Crippen MR) is 70.0 cm³/mol. The number of carbonyl (C=O) groups excluding carboxylic acids is 1. The van der Waals surface area contributed by atoms with Gasteiger partial charge in [-0.1, -0.05) is 12.1 Å². The van der Waals surface area contributed by atoms with Crippen LogP contribution in [0.15, 0.2) is 35.4 Å². The Morgan fingerprint density at radius 1 is 1.32 bits per heavy atom. The highest BCUT2D eigenvalue weighted by Crippen LogP contribution is 2.19. The lowest BCUT2D eigenvalue weighted by atomic mass is 10.2. The topological polar surface area (TPSA) is 69.7 Å². The van der Waals surface area contributed by atoms with Gasteiger partial charge in [0.25, 0.3) is 0 Å². The van der Waals surface area contributed by atoms with Crippen LogP contribution in [-0.4, -0.2) is 21.0 Å². The summed E-state index contributed by atoms with van der Waals surface area (Å²) in [5.41, 5.74) is 1.39. The molecule has 1 aromatic rings. The molecule has 0 bridgehead atoms. The largest absolute Gasteiger partial charge is 0.463 e. The van der Waals surface area contributed by atoms with Crippen LogP contribution in [0.25, 0.3) is 0 Å². The van der Waals surface area contributed by atoms with Crippen LogP contribution in [-0.2, 0) is 23.8 Å². The van der Waals surface area contributed by atoms with Gasteiger partial charge in [0.2, 0.25) is 0 Å². The average molecular weight is 284 g/mol. The van der Waals surface area contributed by atoms with E-state index in [0.29, 0.717) is 5.56 Å². The van der Waals surface area contributed by atoms with Gasteiger partial charge in [0.15, 0.2) is 0 Å². The van der Waals surface area contributed by atoms with E-state index >= 15 is 0 Å². The second-order valence-corrected chi connectivity index (χ2v) is 5.41. The molecule has 0 aliphatic carbocycles. The summed E-state index contributed by atoms with van der Waals surface area (Å²) in [6.45, 7) is 5.32. The quantitative estimate of drug-likeness (QED) is 0.358. The molecule has 0 saturated heterocycles. The molecule has 0 radical (unpaired) electrons. The maximum atomic E-state index is 11.9. The van der Waals surface area contributed by atoms with Crippen molar-refractivity contribution in [3.8, 4) is 0 Å². The van der Waals surface area contributed by atoms with E-state index in [1.165, 1.54) is 6.07 Å². The highest BCUT2D eigenvalue weighted by Gasteiger charge is 2.17. The van der Waals surface area contributed by atoms with E-state index in [1.54, 1.807) is 26.8 Å². The van der Waals surface area contributed by atoms with Gasteiger partial charge < -0.3 is 8.92 Å². The molecule has 0 aliphatic rings. The molecular formula is C13H16O5S. The predicted octanol–water partition coefficient (Wildman–Crippen LogP) is 2.09. The number of aryl methyl sites for hydroxylation is 2. The first-order chi connectivity index (χ1) is 8.86. The molecule has 0 spiro atoms. The summed E-state index contributed by atoms with van der Waals surface area (Å²) < 4.78 is 33.1. The molecule has 0 aromatic heterocycles. The normalized spacial score (nSPS) is 11.5. The van der Waals surface area contributed by atoms with Crippen molar-refractivity contribution in [1.29, 1.82) is 0 Å². The minimum Gasteiger partial charge on any atom is -0.463 e. The summed E-state index contributed by atoms with van der Waals surface area (Å²) in [6.07, 6.45) is 1.74. The summed E-state index contributed by atoms with van der Waals surface area (Å²) in [5.74, 6) is -0.654. The standard InChI is InChI=1S/C13H16O5S/c1-4-17-13(14)7-8-18-19(15,16)12-9-10(2)5-6-11(12)3/h5-9H,4H2,1-3H3/b8-7-. The SMILES string of the molecule is CCOC(=O)/C=C\OS(=O)(=O)c1cc(C)ccc1C. The summed E-state index contributed by atoms with van der Waals surface area (Å²) in [6, 6.07) is 5.02. The zero-order chi connectivity index (χ0) is 14.5. The van der Waals surface area contributed by atoms with Gasteiger partial charge in [-0.25, -0.2) is 4.79 Å². The van der Waals surface area contributed by atoms with E-state index in [4.69, 9.17) is 0 Å². The summed E-state index contributed by atoms with van der Waals surface area (Å²) in [7, 11) is -3.92. The van der Waals surface area contributed by atoms with E-state index in [1.807, 2.05) is 6.07 Å². The van der Waals surface area contributed by atoms with Gasteiger partial charge >= 0.3 is 16.1 Å². The van der Waals surface area contributed by atoms with Crippen molar-refractivity contribution in [1.82, 2.24) is 0 Å². The van der Waals surface area contributed by atoms with Crippen LogP contribution in [0.1, 0.15) is 18.1 Å². The Balaban J connectivity index is 2.87. The van der Waals surface area contributed by atoms with E-state index in [2.05, 4.69) is 8.92 Å². The zero-order valence-corrected chi connectivity index (χ0v) is 11.9. The Bertz CT molecular complexity index is 587. The molecule has 1 rings (SSSR count). The van der Waals surface area contributed by atoms with Crippen molar-refractivity contribution in [2.24, 2.45) is 0 Å². The third-order valence-electron chi connectivity index (χ3n) is 2.29. The second kappa shape index (κ2) is 6.38. The second-order valence-electron chi connectivity index (χ2n) is 3.87. The lowest BCUT2D eigenvalue weighted by Gasteiger charge is -2.07. The monoisotopic (exact) mass is 284 g/mol. The molecule has 0 fully saturated rings. The number of esters is 1. The van der Waals surface area contributed by atoms with Crippen LogP contribution in [0.5, 0.6) is 0 Å². The summed E-state index contributed by atoms with van der Waals surface area (Å²) in [5, 5.41) is 0. The fourth-order valence-electron chi connectivity index (χ4n) is 1.38. The first-order valence-electron chi connectivity index (χ1n) is 5.70. The molecule has 0 heterocycles. The molecule has 19 heavy (non-hydrogen) atoms. The number of hydrogen-bond donors (Lipinski definition) is 0. The van der Waals surface area contributed by atoms with Crippen LogP contribution in [0.3, 0.4) is 0 Å². The minimum atomic E-state index is -3.92. The van der Waals surface area contributed by atoms with Gasteiger partial charge in [-0.15, -0.1) is 0 Å². The Morgan fingerprint density at radius 3 is 2.63 bits per heavy atom. The molecule has 0 amide bonds. The van der Waals surface area contributed by atoms with Crippen LogP contribution in [0, 0.1) is 13.8 Å². The molecule has 6 heteroatoms. The zero-order valence-electron chi connectivity index (χ0n) is 11.0. The van der Waals surface area contributed by atoms with Crippen LogP contribution < -0.4 is 0 Å². The summed E-state index contributed by atoms with van der Waals surface area (Å²) >= 11 is 0. The van der Waals surface area contributed by atoms with Crippen LogP contribution >= 0.6 is 0 Å². The van der Waals surface area contributed by atoms with E-state index < -0.39 is 16.1 Å². The van der Waals surface area contributed by atoms with Crippen LogP contribution in [0.4, 0.5) is 0 Å². The molecule has 0 N–H and O–H groups in total. The van der Waals surface area contributed by atoms with Gasteiger partial charge in [-0.2, -0.15) is 8.42 Å². The maximum absolute atomic E-state index is 11.9. The molecular weight excluding hydrogens is 268 g/mol. The van der Waals surface area contributed by atoms with Crippen molar-refractivity contribution in [2.45, 2.75) is 25.7 Å². The third-order valence-corrected chi connectivity index (χ3v) is 3.63. The number of carbonyl (C=O) groups is 1. The van der Waals surface area contributed by atoms with Crippen molar-refractivity contribution < 1.29 is 22.1 Å². The minimum absolute atomic E-state index is 0.0843. The maximum Gasteiger partial charge on any atom is 0.338 e. The smallest absolute Gasteiger partial charge is 0.338 e. The highest BCUT2D eigenvalue weighted by molar-refractivity contribution is 7.86. The molecule has 0 atom stereocenters. The first kappa shape index (κ1) is 15.2.